The number of ether oxygens (including phenoxy) is 1. The minimum absolute atomic E-state index is 0.0258. The van der Waals surface area contributed by atoms with Crippen molar-refractivity contribution in [2.45, 2.75) is 18.5 Å². The Bertz CT molecular complexity index is 167. The number of aliphatic hydroxyl groups is 1. The van der Waals surface area contributed by atoms with E-state index in [0.29, 0.717) is 6.61 Å². The molecule has 16 heavy (non-hydrogen) atoms. The van der Waals surface area contributed by atoms with Crippen molar-refractivity contribution in [3.05, 3.63) is 0 Å². The molecule has 0 fully saturated rings. The Hall–Kier alpha value is -0.200. The van der Waals surface area contributed by atoms with Gasteiger partial charge >= 0.3 is 0 Å². The zero-order chi connectivity index (χ0) is 12.6. The van der Waals surface area contributed by atoms with Crippen molar-refractivity contribution < 1.29 is 9.84 Å². The number of nitrogens with two attached hydrogens (primary N) is 1. The van der Waals surface area contributed by atoms with E-state index in [4.69, 9.17) is 10.5 Å². The van der Waals surface area contributed by atoms with Crippen LogP contribution < -0.4 is 5.73 Å². The summed E-state index contributed by atoms with van der Waals surface area (Å²) in [7, 11) is 7.73. The molecule has 0 rings (SSSR count). The van der Waals surface area contributed by atoms with Gasteiger partial charge in [0.25, 0.3) is 0 Å². The topological polar surface area (TPSA) is 62.0 Å². The number of likely N-dealkylation sites (N-methyl/N-ethyl adjacent to an activating group) is 1. The molecule has 0 spiro atoms. The zero-order valence-electron chi connectivity index (χ0n) is 11.0. The first kappa shape index (κ1) is 15.8. The van der Waals surface area contributed by atoms with Crippen LogP contribution in [0.15, 0.2) is 0 Å². The van der Waals surface area contributed by atoms with Gasteiger partial charge in [0.2, 0.25) is 0 Å². The Kier molecular flexibility index (Phi) is 8.78. The molecule has 0 aromatic heterocycles. The van der Waals surface area contributed by atoms with E-state index >= 15 is 0 Å². The first-order chi connectivity index (χ1) is 7.52. The van der Waals surface area contributed by atoms with Gasteiger partial charge in [-0.05, 0) is 40.7 Å². The summed E-state index contributed by atoms with van der Waals surface area (Å²) >= 11 is 0. The fraction of sp³-hybridized carbons (Fsp3) is 1.00. The lowest BCUT2D eigenvalue weighted by Crippen LogP contribution is -2.51. The molecule has 0 radical (unpaired) electrons. The van der Waals surface area contributed by atoms with Crippen LogP contribution in [0.3, 0.4) is 0 Å². The summed E-state index contributed by atoms with van der Waals surface area (Å²) in [6, 6.07) is -0.165. The quantitative estimate of drug-likeness (QED) is 0.546. The molecule has 2 unspecified atom stereocenters. The van der Waals surface area contributed by atoms with Crippen LogP contribution in [0, 0.1) is 0 Å². The first-order valence-corrected chi connectivity index (χ1v) is 5.73. The molecule has 0 saturated carbocycles. The van der Waals surface area contributed by atoms with Gasteiger partial charge in [0.1, 0.15) is 0 Å². The molecule has 0 aromatic rings. The van der Waals surface area contributed by atoms with Gasteiger partial charge in [0, 0.05) is 19.2 Å². The fourth-order valence-electron chi connectivity index (χ4n) is 1.71. The highest BCUT2D eigenvalue weighted by Crippen LogP contribution is 2.02. The molecule has 0 bridgehead atoms. The van der Waals surface area contributed by atoms with E-state index in [2.05, 4.69) is 23.9 Å². The lowest BCUT2D eigenvalue weighted by Gasteiger charge is -2.31. The Morgan fingerprint density at radius 1 is 1.25 bits per heavy atom. The van der Waals surface area contributed by atoms with Gasteiger partial charge in [-0.25, -0.2) is 0 Å². The summed E-state index contributed by atoms with van der Waals surface area (Å²) in [6.45, 7) is 2.52. The molecule has 5 nitrogen and oxygen atoms in total. The second-order valence-corrected chi connectivity index (χ2v) is 4.51. The normalized spacial score (nSPS) is 15.8. The van der Waals surface area contributed by atoms with Crippen molar-refractivity contribution in [1.82, 2.24) is 9.80 Å². The Morgan fingerprint density at radius 3 is 2.31 bits per heavy atom. The molecule has 2 atom stereocenters. The van der Waals surface area contributed by atoms with Crippen molar-refractivity contribution in [3.63, 3.8) is 0 Å². The van der Waals surface area contributed by atoms with Crippen molar-refractivity contribution in [2.75, 3.05) is 54.6 Å². The summed E-state index contributed by atoms with van der Waals surface area (Å²) in [4.78, 5) is 4.25. The van der Waals surface area contributed by atoms with E-state index in [1.165, 1.54) is 0 Å². The molecular formula is C11H27N3O2. The number of rotatable bonds is 9. The molecule has 0 aliphatic rings. The van der Waals surface area contributed by atoms with Crippen molar-refractivity contribution in [3.8, 4) is 0 Å². The second kappa shape index (κ2) is 8.90. The summed E-state index contributed by atoms with van der Waals surface area (Å²) in [5.41, 5.74) is 5.93. The van der Waals surface area contributed by atoms with Gasteiger partial charge in [-0.2, -0.15) is 0 Å². The standard InChI is InChI=1S/C11H27N3O2/c1-13(2)6-5-7-14(3)11(8-15)10(12)9-16-4/h10-11,15H,5-9,12H2,1-4H3. The number of hydrogen-bond donors (Lipinski definition) is 2. The Balaban J connectivity index is 3.94. The third-order valence-corrected chi connectivity index (χ3v) is 2.72. The Morgan fingerprint density at radius 2 is 1.88 bits per heavy atom. The van der Waals surface area contributed by atoms with Crippen molar-refractivity contribution in [1.29, 1.82) is 0 Å². The third-order valence-electron chi connectivity index (χ3n) is 2.72. The first-order valence-electron chi connectivity index (χ1n) is 5.73. The smallest absolute Gasteiger partial charge is 0.0629 e. The van der Waals surface area contributed by atoms with Crippen LogP contribution in [0.25, 0.3) is 0 Å². The van der Waals surface area contributed by atoms with Crippen molar-refractivity contribution in [2.24, 2.45) is 5.73 Å². The predicted octanol–water partition coefficient (Wildman–Crippen LogP) is -0.795. The Labute approximate surface area is 99.2 Å². The van der Waals surface area contributed by atoms with Gasteiger partial charge in [-0.15, -0.1) is 0 Å². The lowest BCUT2D eigenvalue weighted by atomic mass is 10.1. The van der Waals surface area contributed by atoms with Gasteiger partial charge in [-0.1, -0.05) is 0 Å². The second-order valence-electron chi connectivity index (χ2n) is 4.51. The van der Waals surface area contributed by atoms with E-state index < -0.39 is 0 Å². The molecular weight excluding hydrogens is 206 g/mol. The molecule has 0 aliphatic carbocycles. The molecule has 0 aliphatic heterocycles. The number of methoxy groups -OCH3 is 1. The highest BCUT2D eigenvalue weighted by molar-refractivity contribution is 4.79. The predicted molar refractivity (Wildman–Crippen MR) is 66.5 cm³/mol. The summed E-state index contributed by atoms with van der Waals surface area (Å²) < 4.78 is 5.01. The SMILES string of the molecule is COCC(N)C(CO)N(C)CCCN(C)C. The van der Waals surface area contributed by atoms with Gasteiger partial charge in [0.05, 0.1) is 13.2 Å². The minimum atomic E-state index is -0.139. The lowest BCUT2D eigenvalue weighted by molar-refractivity contribution is 0.0837. The summed E-state index contributed by atoms with van der Waals surface area (Å²) in [5, 5.41) is 9.31. The number of aliphatic hydroxyl groups excluding tert-OH is 1. The molecule has 0 saturated heterocycles. The third kappa shape index (κ3) is 6.40. The van der Waals surface area contributed by atoms with Crippen molar-refractivity contribution >= 4 is 0 Å². The average Bonchev–Trinajstić information content (AvgIpc) is 2.18. The summed E-state index contributed by atoms with van der Waals surface area (Å²) in [6.07, 6.45) is 1.07. The van der Waals surface area contributed by atoms with Crippen LogP contribution in [-0.2, 0) is 4.74 Å². The van der Waals surface area contributed by atoms with E-state index in [1.807, 2.05) is 7.05 Å². The van der Waals surface area contributed by atoms with Crippen LogP contribution in [0.2, 0.25) is 0 Å². The maximum Gasteiger partial charge on any atom is 0.0629 e. The highest BCUT2D eigenvalue weighted by atomic mass is 16.5. The molecule has 0 amide bonds. The van der Waals surface area contributed by atoms with Gasteiger partial charge in [0.15, 0.2) is 0 Å². The van der Waals surface area contributed by atoms with Crippen LogP contribution in [0.4, 0.5) is 0 Å². The minimum Gasteiger partial charge on any atom is -0.395 e. The van der Waals surface area contributed by atoms with E-state index in [0.717, 1.165) is 19.5 Å². The van der Waals surface area contributed by atoms with Crippen LogP contribution in [0.1, 0.15) is 6.42 Å². The van der Waals surface area contributed by atoms with Crippen LogP contribution in [0.5, 0.6) is 0 Å². The highest BCUT2D eigenvalue weighted by Gasteiger charge is 2.20. The van der Waals surface area contributed by atoms with E-state index in [-0.39, 0.29) is 18.7 Å². The molecule has 5 heteroatoms. The monoisotopic (exact) mass is 233 g/mol. The molecule has 0 aromatic carbocycles. The maximum absolute atomic E-state index is 9.31. The fourth-order valence-corrected chi connectivity index (χ4v) is 1.71. The average molecular weight is 233 g/mol. The molecule has 0 heterocycles. The largest absolute Gasteiger partial charge is 0.395 e. The van der Waals surface area contributed by atoms with Crippen LogP contribution >= 0.6 is 0 Å². The van der Waals surface area contributed by atoms with Gasteiger partial charge in [-0.3, -0.25) is 4.90 Å². The number of nitrogens with zero attached hydrogens (tertiary/aromatic N) is 2. The zero-order valence-corrected chi connectivity index (χ0v) is 11.0. The molecule has 3 N–H and O–H groups in total. The van der Waals surface area contributed by atoms with E-state index in [9.17, 15) is 5.11 Å². The van der Waals surface area contributed by atoms with Gasteiger partial charge < -0.3 is 20.5 Å². The summed E-state index contributed by atoms with van der Waals surface area (Å²) in [5.74, 6) is 0. The van der Waals surface area contributed by atoms with E-state index in [1.54, 1.807) is 7.11 Å². The number of hydrogen-bond acceptors (Lipinski definition) is 5. The maximum atomic E-state index is 9.31. The van der Waals surface area contributed by atoms with Crippen LogP contribution in [-0.4, -0.2) is 81.5 Å². The molecule has 98 valence electrons.